The van der Waals surface area contributed by atoms with Crippen molar-refractivity contribution in [1.29, 1.82) is 0 Å². The van der Waals surface area contributed by atoms with Crippen molar-refractivity contribution < 1.29 is 9.31 Å². The Hall–Kier alpha value is -0.995. The fourth-order valence-electron chi connectivity index (χ4n) is 2.66. The standard InChI is InChI=1S/C17H26BNO2/c1-16(2)17(3,4)21-18(20-16)14-8-10-15(11-9-14)19(5)12-13-6-7-13/h8-11,13H,6-7,12H2,1-5H3. The van der Waals surface area contributed by atoms with Crippen LogP contribution in [0.2, 0.25) is 0 Å². The van der Waals surface area contributed by atoms with Gasteiger partial charge in [-0.15, -0.1) is 0 Å². The Morgan fingerprint density at radius 3 is 2.05 bits per heavy atom. The molecule has 0 bridgehead atoms. The number of hydrogen-bond acceptors (Lipinski definition) is 3. The van der Waals surface area contributed by atoms with Crippen molar-refractivity contribution >= 4 is 18.3 Å². The third-order valence-electron chi connectivity index (χ3n) is 5.09. The number of benzene rings is 1. The predicted octanol–water partition coefficient (Wildman–Crippen LogP) is 2.83. The first kappa shape index (κ1) is 14.9. The molecule has 1 saturated carbocycles. The minimum atomic E-state index is -0.279. The minimum absolute atomic E-state index is 0.266. The quantitative estimate of drug-likeness (QED) is 0.795. The molecule has 0 aromatic heterocycles. The van der Waals surface area contributed by atoms with Gasteiger partial charge in [-0.3, -0.25) is 0 Å². The Balaban J connectivity index is 1.70. The van der Waals surface area contributed by atoms with E-state index in [0.29, 0.717) is 0 Å². The molecule has 21 heavy (non-hydrogen) atoms. The maximum Gasteiger partial charge on any atom is 0.494 e. The van der Waals surface area contributed by atoms with Crippen LogP contribution in [0, 0.1) is 5.92 Å². The molecule has 4 heteroatoms. The van der Waals surface area contributed by atoms with Crippen LogP contribution in [0.3, 0.4) is 0 Å². The van der Waals surface area contributed by atoms with Crippen LogP contribution < -0.4 is 10.4 Å². The van der Waals surface area contributed by atoms with Crippen LogP contribution in [-0.2, 0) is 9.31 Å². The topological polar surface area (TPSA) is 21.7 Å². The third kappa shape index (κ3) is 2.97. The summed E-state index contributed by atoms with van der Waals surface area (Å²) in [6.45, 7) is 9.51. The van der Waals surface area contributed by atoms with Crippen molar-refractivity contribution in [2.45, 2.75) is 51.7 Å². The lowest BCUT2D eigenvalue weighted by atomic mass is 9.79. The molecule has 0 amide bonds. The van der Waals surface area contributed by atoms with E-state index in [1.807, 2.05) is 0 Å². The highest BCUT2D eigenvalue weighted by Gasteiger charge is 2.51. The van der Waals surface area contributed by atoms with Gasteiger partial charge in [-0.2, -0.15) is 0 Å². The summed E-state index contributed by atoms with van der Waals surface area (Å²) in [5, 5.41) is 0. The van der Waals surface area contributed by atoms with Gasteiger partial charge in [0.25, 0.3) is 0 Å². The normalized spacial score (nSPS) is 23.4. The molecule has 0 radical (unpaired) electrons. The summed E-state index contributed by atoms with van der Waals surface area (Å²) >= 11 is 0. The van der Waals surface area contributed by atoms with Crippen LogP contribution in [0.15, 0.2) is 24.3 Å². The summed E-state index contributed by atoms with van der Waals surface area (Å²) in [5.41, 5.74) is 1.80. The molecular formula is C17H26BNO2. The first-order valence-electron chi connectivity index (χ1n) is 7.95. The van der Waals surface area contributed by atoms with Gasteiger partial charge in [0, 0.05) is 19.3 Å². The molecule has 0 atom stereocenters. The van der Waals surface area contributed by atoms with E-state index in [1.54, 1.807) is 0 Å². The van der Waals surface area contributed by atoms with Crippen LogP contribution in [-0.4, -0.2) is 31.9 Å². The largest absolute Gasteiger partial charge is 0.494 e. The van der Waals surface area contributed by atoms with Crippen molar-refractivity contribution in [3.63, 3.8) is 0 Å². The van der Waals surface area contributed by atoms with Gasteiger partial charge in [0.05, 0.1) is 11.2 Å². The fraction of sp³-hybridized carbons (Fsp3) is 0.647. The maximum absolute atomic E-state index is 6.09. The molecule has 114 valence electrons. The lowest BCUT2D eigenvalue weighted by molar-refractivity contribution is 0.00578. The monoisotopic (exact) mass is 287 g/mol. The maximum atomic E-state index is 6.09. The van der Waals surface area contributed by atoms with E-state index in [1.165, 1.54) is 18.5 Å². The Morgan fingerprint density at radius 2 is 1.57 bits per heavy atom. The zero-order valence-corrected chi connectivity index (χ0v) is 13.8. The molecule has 1 aliphatic heterocycles. The van der Waals surface area contributed by atoms with E-state index in [-0.39, 0.29) is 18.3 Å². The van der Waals surface area contributed by atoms with Gasteiger partial charge in [-0.05, 0) is 64.1 Å². The second-order valence-corrected chi connectivity index (χ2v) is 7.50. The van der Waals surface area contributed by atoms with Crippen molar-refractivity contribution in [3.05, 3.63) is 24.3 Å². The molecule has 1 saturated heterocycles. The molecule has 0 spiro atoms. The molecule has 0 N–H and O–H groups in total. The van der Waals surface area contributed by atoms with E-state index in [9.17, 15) is 0 Å². The molecule has 2 aliphatic rings. The van der Waals surface area contributed by atoms with Gasteiger partial charge < -0.3 is 14.2 Å². The lowest BCUT2D eigenvalue weighted by Crippen LogP contribution is -2.41. The zero-order valence-electron chi connectivity index (χ0n) is 13.8. The molecular weight excluding hydrogens is 261 g/mol. The molecule has 0 unspecified atom stereocenters. The molecule has 1 aromatic rings. The van der Waals surface area contributed by atoms with E-state index < -0.39 is 0 Å². The Kier molecular flexibility index (Phi) is 3.57. The van der Waals surface area contributed by atoms with Gasteiger partial charge >= 0.3 is 7.12 Å². The number of rotatable bonds is 4. The molecule has 1 aromatic carbocycles. The molecule has 3 rings (SSSR count). The van der Waals surface area contributed by atoms with E-state index in [4.69, 9.17) is 9.31 Å². The Morgan fingerprint density at radius 1 is 1.05 bits per heavy atom. The van der Waals surface area contributed by atoms with E-state index in [0.717, 1.165) is 17.9 Å². The van der Waals surface area contributed by atoms with Crippen LogP contribution >= 0.6 is 0 Å². The highest BCUT2D eigenvalue weighted by atomic mass is 16.7. The number of hydrogen-bond donors (Lipinski definition) is 0. The molecule has 2 fully saturated rings. The van der Waals surface area contributed by atoms with Gasteiger partial charge in [0.1, 0.15) is 0 Å². The summed E-state index contributed by atoms with van der Waals surface area (Å²) in [5.74, 6) is 0.901. The summed E-state index contributed by atoms with van der Waals surface area (Å²) in [6, 6.07) is 8.59. The van der Waals surface area contributed by atoms with Gasteiger partial charge in [-0.25, -0.2) is 0 Å². The molecule has 1 aliphatic carbocycles. The van der Waals surface area contributed by atoms with Crippen molar-refractivity contribution in [2.24, 2.45) is 5.92 Å². The Bertz CT molecular complexity index is 492. The van der Waals surface area contributed by atoms with E-state index >= 15 is 0 Å². The van der Waals surface area contributed by atoms with Crippen molar-refractivity contribution in [2.75, 3.05) is 18.5 Å². The number of nitrogens with zero attached hydrogens (tertiary/aromatic N) is 1. The average molecular weight is 287 g/mol. The van der Waals surface area contributed by atoms with E-state index in [2.05, 4.69) is 63.9 Å². The molecule has 1 heterocycles. The second-order valence-electron chi connectivity index (χ2n) is 7.50. The Labute approximate surface area is 128 Å². The summed E-state index contributed by atoms with van der Waals surface area (Å²) in [4.78, 5) is 2.34. The minimum Gasteiger partial charge on any atom is -0.399 e. The predicted molar refractivity (Wildman–Crippen MR) is 88.2 cm³/mol. The number of anilines is 1. The third-order valence-corrected chi connectivity index (χ3v) is 5.09. The smallest absolute Gasteiger partial charge is 0.399 e. The summed E-state index contributed by atoms with van der Waals surface area (Å²) in [6.07, 6.45) is 2.77. The highest BCUT2D eigenvalue weighted by molar-refractivity contribution is 6.62. The molecule has 3 nitrogen and oxygen atoms in total. The van der Waals surface area contributed by atoms with Gasteiger partial charge in [-0.1, -0.05) is 12.1 Å². The van der Waals surface area contributed by atoms with Crippen molar-refractivity contribution in [1.82, 2.24) is 0 Å². The summed E-state index contributed by atoms with van der Waals surface area (Å²) in [7, 11) is 1.90. The summed E-state index contributed by atoms with van der Waals surface area (Å²) < 4.78 is 12.2. The first-order valence-corrected chi connectivity index (χ1v) is 7.95. The first-order chi connectivity index (χ1) is 9.78. The average Bonchev–Trinajstić information content (AvgIpc) is 3.17. The highest BCUT2D eigenvalue weighted by Crippen LogP contribution is 2.36. The van der Waals surface area contributed by atoms with Crippen molar-refractivity contribution in [3.8, 4) is 0 Å². The van der Waals surface area contributed by atoms with Crippen LogP contribution in [0.1, 0.15) is 40.5 Å². The fourth-order valence-corrected chi connectivity index (χ4v) is 2.66. The second kappa shape index (κ2) is 5.03. The van der Waals surface area contributed by atoms with Crippen LogP contribution in [0.25, 0.3) is 0 Å². The van der Waals surface area contributed by atoms with Crippen LogP contribution in [0.5, 0.6) is 0 Å². The lowest BCUT2D eigenvalue weighted by Gasteiger charge is -2.32. The zero-order chi connectivity index (χ0) is 15.3. The van der Waals surface area contributed by atoms with Crippen LogP contribution in [0.4, 0.5) is 5.69 Å². The SMILES string of the molecule is CN(CC1CC1)c1ccc(B2OC(C)(C)C(C)(C)O2)cc1. The van der Waals surface area contributed by atoms with Gasteiger partial charge in [0.2, 0.25) is 0 Å². The van der Waals surface area contributed by atoms with Gasteiger partial charge in [0.15, 0.2) is 0 Å².